The Morgan fingerprint density at radius 1 is 1.22 bits per heavy atom. The zero-order chi connectivity index (χ0) is 18.0. The van der Waals surface area contributed by atoms with E-state index in [-0.39, 0.29) is 11.7 Å². The number of nitrogens with two attached hydrogens (primary N) is 3. The van der Waals surface area contributed by atoms with E-state index in [1.807, 2.05) is 0 Å². The van der Waals surface area contributed by atoms with Gasteiger partial charge in [-0.3, -0.25) is 19.4 Å². The molecule has 10 nitrogen and oxygen atoms in total. The highest BCUT2D eigenvalue weighted by molar-refractivity contribution is 7.80. The molecule has 0 saturated heterocycles. The normalized spacial score (nSPS) is 14.2. The first-order chi connectivity index (χ1) is 10.7. The maximum absolute atomic E-state index is 11.9. The van der Waals surface area contributed by atoms with E-state index >= 15 is 0 Å². The zero-order valence-corrected chi connectivity index (χ0v) is 13.8. The fourth-order valence-corrected chi connectivity index (χ4v) is 1.76. The minimum Gasteiger partial charge on any atom is -0.480 e. The van der Waals surface area contributed by atoms with Gasteiger partial charge in [0, 0.05) is 12.3 Å². The van der Waals surface area contributed by atoms with Crippen LogP contribution in [0.3, 0.4) is 0 Å². The largest absolute Gasteiger partial charge is 0.480 e. The molecule has 0 rings (SSSR count). The smallest absolute Gasteiger partial charge is 0.325 e. The first-order valence-corrected chi connectivity index (χ1v) is 7.57. The van der Waals surface area contributed by atoms with Gasteiger partial charge in [0.1, 0.15) is 12.1 Å². The Morgan fingerprint density at radius 2 is 1.83 bits per heavy atom. The number of hydrogen-bond acceptors (Lipinski definition) is 6. The number of aliphatic imine (C=N–C) groups is 1. The molecule has 132 valence electrons. The van der Waals surface area contributed by atoms with Crippen LogP contribution in [0.4, 0.5) is 0 Å². The average Bonchev–Trinajstić information content (AvgIpc) is 2.47. The molecular weight excluding hydrogens is 324 g/mol. The van der Waals surface area contributed by atoms with Gasteiger partial charge in [0.25, 0.3) is 0 Å². The van der Waals surface area contributed by atoms with Crippen molar-refractivity contribution in [1.82, 2.24) is 10.6 Å². The van der Waals surface area contributed by atoms with Gasteiger partial charge in [0.15, 0.2) is 5.96 Å². The molecule has 3 atom stereocenters. The van der Waals surface area contributed by atoms with Gasteiger partial charge in [-0.1, -0.05) is 0 Å². The van der Waals surface area contributed by atoms with Gasteiger partial charge >= 0.3 is 5.97 Å². The van der Waals surface area contributed by atoms with E-state index in [2.05, 4.69) is 28.3 Å². The lowest BCUT2D eigenvalue weighted by molar-refractivity contribution is -0.141. The molecule has 0 aliphatic carbocycles. The standard InChI is InChI=1S/C12H24N6O4S/c1-6(11(21)22)17-10(20)8(5-23)18-9(19)7(13)3-2-4-16-12(14)15/h6-8,23H,2-5,13H2,1H3,(H,17,20)(H,18,19)(H,21,22)(H4,14,15,16). The monoisotopic (exact) mass is 348 g/mol. The fraction of sp³-hybridized carbons (Fsp3) is 0.667. The quantitative estimate of drug-likeness (QED) is 0.0973. The van der Waals surface area contributed by atoms with Crippen molar-refractivity contribution < 1.29 is 19.5 Å². The number of guanidine groups is 1. The van der Waals surface area contributed by atoms with Crippen molar-refractivity contribution in [2.24, 2.45) is 22.2 Å². The van der Waals surface area contributed by atoms with E-state index in [9.17, 15) is 14.4 Å². The second-order valence-corrected chi connectivity index (χ2v) is 5.23. The molecule has 9 N–H and O–H groups in total. The van der Waals surface area contributed by atoms with Crippen molar-refractivity contribution in [1.29, 1.82) is 0 Å². The molecule has 0 aromatic carbocycles. The number of carboxylic acids is 1. The number of rotatable bonds is 10. The summed E-state index contributed by atoms with van der Waals surface area (Å²) in [5.41, 5.74) is 16.1. The maximum atomic E-state index is 11.9. The molecule has 11 heteroatoms. The van der Waals surface area contributed by atoms with Crippen molar-refractivity contribution in [2.75, 3.05) is 12.3 Å². The Kier molecular flexibility index (Phi) is 9.74. The Morgan fingerprint density at radius 3 is 2.30 bits per heavy atom. The lowest BCUT2D eigenvalue weighted by Gasteiger charge is -2.20. The van der Waals surface area contributed by atoms with E-state index in [1.54, 1.807) is 0 Å². The lowest BCUT2D eigenvalue weighted by Crippen LogP contribution is -2.54. The van der Waals surface area contributed by atoms with E-state index in [4.69, 9.17) is 22.3 Å². The second-order valence-electron chi connectivity index (χ2n) is 4.87. The number of thiol groups is 1. The van der Waals surface area contributed by atoms with Crippen LogP contribution in [0.15, 0.2) is 4.99 Å². The molecule has 0 bridgehead atoms. The number of carbonyl (C=O) groups is 3. The van der Waals surface area contributed by atoms with Crippen LogP contribution in [-0.4, -0.2) is 59.3 Å². The molecule has 0 fully saturated rings. The zero-order valence-electron chi connectivity index (χ0n) is 12.9. The summed E-state index contributed by atoms with van der Waals surface area (Å²) in [7, 11) is 0. The summed E-state index contributed by atoms with van der Waals surface area (Å²) in [4.78, 5) is 38.2. The SMILES string of the molecule is CC(NC(=O)C(CS)NC(=O)C(N)CCCN=C(N)N)C(=O)O. The minimum absolute atomic E-state index is 0.00460. The Balaban J connectivity index is 4.38. The van der Waals surface area contributed by atoms with E-state index < -0.39 is 35.9 Å². The average molecular weight is 348 g/mol. The first kappa shape index (κ1) is 21.0. The number of hydrogen-bond donors (Lipinski definition) is 7. The predicted octanol–water partition coefficient (Wildman–Crippen LogP) is -2.63. The van der Waals surface area contributed by atoms with Crippen molar-refractivity contribution in [2.45, 2.75) is 37.9 Å². The van der Waals surface area contributed by atoms with Gasteiger partial charge in [0.05, 0.1) is 6.04 Å². The third-order valence-electron chi connectivity index (χ3n) is 2.85. The summed E-state index contributed by atoms with van der Waals surface area (Å²) < 4.78 is 0. The number of nitrogens with zero attached hydrogens (tertiary/aromatic N) is 1. The summed E-state index contributed by atoms with van der Waals surface area (Å²) >= 11 is 3.97. The van der Waals surface area contributed by atoms with Crippen molar-refractivity contribution in [3.05, 3.63) is 0 Å². The topological polar surface area (TPSA) is 186 Å². The maximum Gasteiger partial charge on any atom is 0.325 e. The van der Waals surface area contributed by atoms with Crippen LogP contribution in [0.2, 0.25) is 0 Å². The summed E-state index contributed by atoms with van der Waals surface area (Å²) in [6.45, 7) is 1.66. The molecule has 0 aromatic heterocycles. The van der Waals surface area contributed by atoms with Gasteiger partial charge in [-0.2, -0.15) is 12.6 Å². The van der Waals surface area contributed by atoms with Gasteiger partial charge in [-0.25, -0.2) is 0 Å². The van der Waals surface area contributed by atoms with Crippen LogP contribution in [-0.2, 0) is 14.4 Å². The van der Waals surface area contributed by atoms with Crippen molar-refractivity contribution in [3.8, 4) is 0 Å². The summed E-state index contributed by atoms with van der Waals surface area (Å²) in [5, 5.41) is 13.4. The molecule has 3 unspecified atom stereocenters. The molecule has 23 heavy (non-hydrogen) atoms. The number of aliphatic carboxylic acids is 1. The van der Waals surface area contributed by atoms with Gasteiger partial charge in [-0.05, 0) is 19.8 Å². The third-order valence-corrected chi connectivity index (χ3v) is 3.21. The Bertz CT molecular complexity index is 455. The minimum atomic E-state index is -1.18. The van der Waals surface area contributed by atoms with Crippen molar-refractivity contribution in [3.63, 3.8) is 0 Å². The molecule has 0 aromatic rings. The first-order valence-electron chi connectivity index (χ1n) is 6.94. The fourth-order valence-electron chi connectivity index (χ4n) is 1.50. The van der Waals surface area contributed by atoms with Crippen LogP contribution < -0.4 is 27.8 Å². The lowest BCUT2D eigenvalue weighted by atomic mass is 10.1. The molecule has 0 heterocycles. The van der Waals surface area contributed by atoms with Crippen LogP contribution in [0.1, 0.15) is 19.8 Å². The highest BCUT2D eigenvalue weighted by Gasteiger charge is 2.24. The number of amides is 2. The third kappa shape index (κ3) is 8.88. The van der Waals surface area contributed by atoms with Gasteiger partial charge in [-0.15, -0.1) is 0 Å². The Hall–Kier alpha value is -2.01. The van der Waals surface area contributed by atoms with Gasteiger partial charge < -0.3 is 32.9 Å². The second kappa shape index (κ2) is 10.7. The highest BCUT2D eigenvalue weighted by atomic mass is 32.1. The molecule has 0 saturated carbocycles. The van der Waals surface area contributed by atoms with E-state index in [0.29, 0.717) is 19.4 Å². The van der Waals surface area contributed by atoms with Crippen LogP contribution >= 0.6 is 12.6 Å². The predicted molar refractivity (Wildman–Crippen MR) is 88.9 cm³/mol. The molecule has 0 aliphatic heterocycles. The molecule has 0 radical (unpaired) electrons. The molecular formula is C12H24N6O4S. The summed E-state index contributed by atoms with van der Waals surface area (Å²) in [5.74, 6) is -2.39. The van der Waals surface area contributed by atoms with Gasteiger partial charge in [0.2, 0.25) is 11.8 Å². The molecule has 2 amide bonds. The van der Waals surface area contributed by atoms with Crippen LogP contribution in [0.5, 0.6) is 0 Å². The number of carbonyl (C=O) groups excluding carboxylic acids is 2. The highest BCUT2D eigenvalue weighted by Crippen LogP contribution is 1.98. The number of nitrogens with one attached hydrogen (secondary N) is 2. The number of carboxylic acid groups (broad SMARTS) is 1. The van der Waals surface area contributed by atoms with E-state index in [1.165, 1.54) is 6.92 Å². The summed E-state index contributed by atoms with van der Waals surface area (Å²) in [6, 6.07) is -2.89. The van der Waals surface area contributed by atoms with E-state index in [0.717, 1.165) is 0 Å². The van der Waals surface area contributed by atoms with Crippen LogP contribution in [0.25, 0.3) is 0 Å². The molecule has 0 aliphatic rings. The van der Waals surface area contributed by atoms with Crippen LogP contribution in [0, 0.1) is 0 Å². The van der Waals surface area contributed by atoms with Crippen molar-refractivity contribution >= 4 is 36.4 Å². The Labute approximate surface area is 139 Å². The summed E-state index contributed by atoms with van der Waals surface area (Å²) in [6.07, 6.45) is 0.829. The molecule has 0 spiro atoms.